The van der Waals surface area contributed by atoms with E-state index < -0.39 is 6.04 Å². The highest BCUT2D eigenvalue weighted by Gasteiger charge is 2.39. The van der Waals surface area contributed by atoms with E-state index in [2.05, 4.69) is 31.5 Å². The molecule has 14 nitrogen and oxygen atoms in total. The number of hydrogen-bond donors (Lipinski definition) is 3. The van der Waals surface area contributed by atoms with Crippen molar-refractivity contribution in [3.8, 4) is 22.8 Å². The van der Waals surface area contributed by atoms with Crippen molar-refractivity contribution in [2.45, 2.75) is 63.5 Å². The van der Waals surface area contributed by atoms with Gasteiger partial charge in [-0.25, -0.2) is 14.8 Å². The number of amides is 5. The van der Waals surface area contributed by atoms with Crippen molar-refractivity contribution in [3.05, 3.63) is 95.8 Å². The minimum absolute atomic E-state index is 0.136. The molecule has 0 aliphatic carbocycles. The Hall–Kier alpha value is -6.31. The first kappa shape index (κ1) is 35.7. The number of anilines is 1. The van der Waals surface area contributed by atoms with E-state index in [-0.39, 0.29) is 30.2 Å². The summed E-state index contributed by atoms with van der Waals surface area (Å²) in [6.07, 6.45) is 7.30. The second-order valence-corrected chi connectivity index (χ2v) is 14.4. The van der Waals surface area contributed by atoms with Crippen molar-refractivity contribution < 1.29 is 23.9 Å². The van der Waals surface area contributed by atoms with Gasteiger partial charge < -0.3 is 25.2 Å². The van der Waals surface area contributed by atoms with Crippen molar-refractivity contribution in [1.29, 1.82) is 0 Å². The number of piperidine rings is 3. The number of nitrogens with two attached hydrogens (primary N) is 1. The Morgan fingerprint density at radius 3 is 2.29 bits per heavy atom. The van der Waals surface area contributed by atoms with Gasteiger partial charge in [0.15, 0.2) is 5.65 Å². The number of likely N-dealkylation sites (tertiary alicyclic amines) is 2. The summed E-state index contributed by atoms with van der Waals surface area (Å²) in [6, 6.07) is 22.9. The number of urea groups is 1. The number of carbonyl (C=O) groups is 4. The van der Waals surface area contributed by atoms with Gasteiger partial charge in [0.2, 0.25) is 11.8 Å². The maximum atomic E-state index is 12.9. The molecule has 1 atom stereocenters. The number of H-pyrrole nitrogens is 1. The lowest BCUT2D eigenvalue weighted by Gasteiger charge is -2.37. The van der Waals surface area contributed by atoms with Crippen LogP contribution in [0.2, 0.25) is 0 Å². The number of hydrogen-bond acceptors (Lipinski definition) is 9. The maximum Gasteiger partial charge on any atom is 0.319 e. The van der Waals surface area contributed by atoms with Crippen molar-refractivity contribution in [1.82, 2.24) is 40.2 Å². The van der Waals surface area contributed by atoms with Crippen LogP contribution in [-0.2, 0) is 16.1 Å². The van der Waals surface area contributed by atoms with Gasteiger partial charge in [0.25, 0.3) is 5.91 Å². The SMILES string of the molecule is Nc1ncnc2n[nH]c(-c3ccc(Oc4ccccc4)cc3)c12.O=C1CCC(N2Cc3cc(C4CCN(C(=O)N5CCCCC5)CC4)ccc3C2=O)C(=O)N1. The lowest BCUT2D eigenvalue weighted by Crippen LogP contribution is -2.52. The number of benzene rings is 3. The number of fused-ring (bicyclic) bond motifs is 2. The molecule has 4 aliphatic rings. The summed E-state index contributed by atoms with van der Waals surface area (Å²) in [5, 5.41) is 10.2. The molecule has 5 aromatic rings. The van der Waals surface area contributed by atoms with E-state index in [4.69, 9.17) is 10.5 Å². The van der Waals surface area contributed by atoms with Crippen LogP contribution in [0.5, 0.6) is 11.5 Å². The molecule has 3 fully saturated rings. The molecular weight excluding hydrogens is 699 g/mol. The molecule has 4 aliphatic heterocycles. The van der Waals surface area contributed by atoms with Gasteiger partial charge >= 0.3 is 6.03 Å². The first-order valence-electron chi connectivity index (χ1n) is 18.9. The fraction of sp³-hybridized carbons (Fsp3) is 0.341. The van der Waals surface area contributed by atoms with Crippen LogP contribution in [0.4, 0.5) is 10.6 Å². The predicted molar refractivity (Wildman–Crippen MR) is 205 cm³/mol. The van der Waals surface area contributed by atoms with Crippen molar-refractivity contribution in [3.63, 3.8) is 0 Å². The molecule has 1 unspecified atom stereocenters. The fourth-order valence-electron chi connectivity index (χ4n) is 7.94. The van der Waals surface area contributed by atoms with Crippen LogP contribution in [0.25, 0.3) is 22.3 Å². The summed E-state index contributed by atoms with van der Waals surface area (Å²) >= 11 is 0. The van der Waals surface area contributed by atoms with E-state index in [1.54, 1.807) is 4.90 Å². The zero-order chi connectivity index (χ0) is 37.9. The number of imide groups is 1. The van der Waals surface area contributed by atoms with Crippen LogP contribution >= 0.6 is 0 Å². The summed E-state index contributed by atoms with van der Waals surface area (Å²) in [5.41, 5.74) is 11.0. The molecule has 3 aromatic carbocycles. The molecule has 0 radical (unpaired) electrons. The Balaban J connectivity index is 0.000000164. The van der Waals surface area contributed by atoms with Crippen molar-refractivity contribution >= 4 is 40.6 Å². The monoisotopic (exact) mass is 741 g/mol. The van der Waals surface area contributed by atoms with E-state index in [9.17, 15) is 19.2 Å². The second kappa shape index (κ2) is 15.6. The minimum atomic E-state index is -0.583. The Morgan fingerprint density at radius 2 is 1.55 bits per heavy atom. The molecule has 4 N–H and O–H groups in total. The topological polar surface area (TPSA) is 180 Å². The van der Waals surface area contributed by atoms with E-state index in [1.807, 2.05) is 76.5 Å². The Kier molecular flexibility index (Phi) is 10.1. The van der Waals surface area contributed by atoms with Crippen molar-refractivity contribution in [2.75, 3.05) is 31.9 Å². The van der Waals surface area contributed by atoms with Gasteiger partial charge in [-0.2, -0.15) is 5.10 Å². The number of rotatable bonds is 5. The fourth-order valence-corrected chi connectivity index (χ4v) is 7.94. The standard InChI is InChI=1S/C24H30N4O4.C17H13N5O/c29-21-7-6-20(22(30)25-21)28-15-18-14-17(4-5-19(18)23(28)31)16-8-12-27(13-9-16)24(32)26-10-2-1-3-11-26;18-16-14-15(21-22-17(14)20-10-19-16)11-6-8-13(9-7-11)23-12-4-2-1-3-5-12/h4-5,14,16,20H,1-3,6-13,15H2,(H,25,29,30);1-10H,(H3,18,19,20,21,22). The Labute approximate surface area is 318 Å². The van der Waals surface area contributed by atoms with Crippen LogP contribution in [0.3, 0.4) is 0 Å². The third-order valence-electron chi connectivity index (χ3n) is 10.9. The number of aromatic nitrogens is 4. The summed E-state index contributed by atoms with van der Waals surface area (Å²) in [6.45, 7) is 3.68. The number of ether oxygens (including phenoxy) is 1. The van der Waals surface area contributed by atoms with Gasteiger partial charge in [-0.1, -0.05) is 30.3 Å². The van der Waals surface area contributed by atoms with Crippen LogP contribution < -0.4 is 15.8 Å². The quantitative estimate of drug-likeness (QED) is 0.193. The van der Waals surface area contributed by atoms with Gasteiger partial charge in [-0.15, -0.1) is 0 Å². The lowest BCUT2D eigenvalue weighted by molar-refractivity contribution is -0.136. The van der Waals surface area contributed by atoms with Crippen LogP contribution in [0.1, 0.15) is 72.3 Å². The largest absolute Gasteiger partial charge is 0.457 e. The third kappa shape index (κ3) is 7.57. The summed E-state index contributed by atoms with van der Waals surface area (Å²) in [7, 11) is 0. The first-order valence-corrected chi connectivity index (χ1v) is 18.9. The number of para-hydroxylation sites is 1. The molecule has 2 aromatic heterocycles. The van der Waals surface area contributed by atoms with E-state index in [1.165, 1.54) is 18.3 Å². The average Bonchev–Trinajstić information content (AvgIpc) is 3.80. The number of aromatic amines is 1. The second-order valence-electron chi connectivity index (χ2n) is 14.4. The molecular formula is C41H43N9O5. The first-order chi connectivity index (χ1) is 26.8. The normalized spacial score (nSPS) is 18.8. The maximum absolute atomic E-state index is 12.9. The zero-order valence-corrected chi connectivity index (χ0v) is 30.4. The molecule has 3 saturated heterocycles. The molecule has 6 heterocycles. The van der Waals surface area contributed by atoms with Gasteiger partial charge in [0.1, 0.15) is 29.7 Å². The zero-order valence-electron chi connectivity index (χ0n) is 30.4. The Morgan fingerprint density at radius 1 is 0.818 bits per heavy atom. The number of carbonyl (C=O) groups excluding carboxylic acids is 4. The summed E-state index contributed by atoms with van der Waals surface area (Å²) in [5.74, 6) is 1.53. The number of nitrogen functional groups attached to an aromatic ring is 1. The molecule has 0 saturated carbocycles. The summed E-state index contributed by atoms with van der Waals surface area (Å²) in [4.78, 5) is 63.1. The van der Waals surface area contributed by atoms with Crippen molar-refractivity contribution in [2.24, 2.45) is 0 Å². The lowest BCUT2D eigenvalue weighted by atomic mass is 9.88. The smallest absolute Gasteiger partial charge is 0.319 e. The molecule has 55 heavy (non-hydrogen) atoms. The van der Waals surface area contributed by atoms with Crippen LogP contribution in [0, 0.1) is 0 Å². The van der Waals surface area contributed by atoms with Gasteiger partial charge in [-0.3, -0.25) is 24.8 Å². The molecule has 0 spiro atoms. The predicted octanol–water partition coefficient (Wildman–Crippen LogP) is 5.63. The number of nitrogens with one attached hydrogen (secondary N) is 2. The van der Waals surface area contributed by atoms with Crippen LogP contribution in [-0.4, -0.2) is 90.8 Å². The average molecular weight is 742 g/mol. The van der Waals surface area contributed by atoms with E-state index in [0.29, 0.717) is 35.9 Å². The third-order valence-corrected chi connectivity index (χ3v) is 10.9. The van der Waals surface area contributed by atoms with Gasteiger partial charge in [0.05, 0.1) is 11.1 Å². The molecule has 282 valence electrons. The molecule has 9 rings (SSSR count). The highest BCUT2D eigenvalue weighted by Crippen LogP contribution is 2.34. The highest BCUT2D eigenvalue weighted by molar-refractivity contribution is 6.05. The number of nitrogens with zero attached hydrogens (tertiary/aromatic N) is 6. The van der Waals surface area contributed by atoms with E-state index in [0.717, 1.165) is 85.6 Å². The van der Waals surface area contributed by atoms with E-state index >= 15 is 0 Å². The van der Waals surface area contributed by atoms with Gasteiger partial charge in [-0.05, 0) is 98.0 Å². The van der Waals surface area contributed by atoms with Crippen LogP contribution in [0.15, 0.2) is 79.1 Å². The van der Waals surface area contributed by atoms with Gasteiger partial charge in [0, 0.05) is 50.3 Å². The Bertz CT molecular complexity index is 2210. The molecule has 14 heteroatoms. The highest BCUT2D eigenvalue weighted by atomic mass is 16.5. The summed E-state index contributed by atoms with van der Waals surface area (Å²) < 4.78 is 5.79. The minimum Gasteiger partial charge on any atom is -0.457 e. The molecule has 0 bridgehead atoms. The molecule has 5 amide bonds.